The molecule has 1 saturated heterocycles. The third-order valence-corrected chi connectivity index (χ3v) is 3.61. The van der Waals surface area contributed by atoms with E-state index < -0.39 is 0 Å². The van der Waals surface area contributed by atoms with Crippen molar-refractivity contribution < 1.29 is 9.53 Å². The van der Waals surface area contributed by atoms with Crippen molar-refractivity contribution in [2.24, 2.45) is 5.73 Å². The monoisotopic (exact) mass is 348 g/mol. The molecule has 0 spiro atoms. The standard InChI is InChI=1S/C13H17BrN2O2.ClH/c1-8-2-3-9(14)6-11(8)16-13(17)12-5-4-10(7-15)18-12;/h2-3,6,10,12H,4-5,7,15H2,1H3,(H,16,17);1H/t10-,12+;/m1./s1. The van der Waals surface area contributed by atoms with Crippen molar-refractivity contribution in [3.8, 4) is 0 Å². The molecular weight excluding hydrogens is 332 g/mol. The lowest BCUT2D eigenvalue weighted by molar-refractivity contribution is -0.126. The number of aryl methyl sites for hydroxylation is 1. The van der Waals surface area contributed by atoms with Gasteiger partial charge >= 0.3 is 0 Å². The molecule has 1 aromatic rings. The molecule has 1 aromatic carbocycles. The van der Waals surface area contributed by atoms with Gasteiger partial charge in [-0.2, -0.15) is 0 Å². The van der Waals surface area contributed by atoms with E-state index in [0.717, 1.165) is 28.6 Å². The maximum Gasteiger partial charge on any atom is 0.253 e. The third kappa shape index (κ3) is 4.18. The highest BCUT2D eigenvalue weighted by Crippen LogP contribution is 2.23. The summed E-state index contributed by atoms with van der Waals surface area (Å²) in [6, 6.07) is 5.79. The molecule has 3 N–H and O–H groups in total. The Morgan fingerprint density at radius 1 is 1.53 bits per heavy atom. The normalized spacial score (nSPS) is 21.8. The minimum absolute atomic E-state index is 0. The van der Waals surface area contributed by atoms with Gasteiger partial charge in [0.15, 0.2) is 0 Å². The molecule has 1 aliphatic rings. The van der Waals surface area contributed by atoms with Crippen LogP contribution in [0.1, 0.15) is 18.4 Å². The van der Waals surface area contributed by atoms with Crippen molar-refractivity contribution >= 4 is 39.9 Å². The van der Waals surface area contributed by atoms with E-state index in [1.54, 1.807) is 0 Å². The highest BCUT2D eigenvalue weighted by molar-refractivity contribution is 9.10. The Labute approximate surface area is 127 Å². The summed E-state index contributed by atoms with van der Waals surface area (Å²) in [6.45, 7) is 2.43. The summed E-state index contributed by atoms with van der Waals surface area (Å²) in [6.07, 6.45) is 1.23. The maximum atomic E-state index is 12.0. The topological polar surface area (TPSA) is 64.4 Å². The molecule has 1 fully saturated rings. The molecule has 1 aliphatic heterocycles. The number of nitrogens with one attached hydrogen (secondary N) is 1. The second kappa shape index (κ2) is 7.24. The molecule has 0 bridgehead atoms. The van der Waals surface area contributed by atoms with Gasteiger partial charge in [0.2, 0.25) is 0 Å². The van der Waals surface area contributed by atoms with Crippen LogP contribution in [-0.2, 0) is 9.53 Å². The number of ether oxygens (including phenoxy) is 1. The number of anilines is 1. The Morgan fingerprint density at radius 2 is 2.26 bits per heavy atom. The Bertz CT molecular complexity index is 456. The Kier molecular flexibility index (Phi) is 6.26. The van der Waals surface area contributed by atoms with Gasteiger partial charge in [-0.25, -0.2) is 0 Å². The molecule has 0 aliphatic carbocycles. The highest BCUT2D eigenvalue weighted by atomic mass is 79.9. The lowest BCUT2D eigenvalue weighted by Crippen LogP contribution is -2.30. The minimum Gasteiger partial charge on any atom is -0.364 e. The number of amides is 1. The van der Waals surface area contributed by atoms with Crippen LogP contribution in [0.5, 0.6) is 0 Å². The van der Waals surface area contributed by atoms with Crippen LogP contribution >= 0.6 is 28.3 Å². The zero-order valence-electron chi connectivity index (χ0n) is 10.7. The number of halogens is 2. The first-order valence-corrected chi connectivity index (χ1v) is 6.82. The van der Waals surface area contributed by atoms with E-state index in [1.807, 2.05) is 25.1 Å². The predicted molar refractivity (Wildman–Crippen MR) is 81.7 cm³/mol. The van der Waals surface area contributed by atoms with E-state index in [-0.39, 0.29) is 30.5 Å². The molecular formula is C13H18BrClN2O2. The van der Waals surface area contributed by atoms with Crippen LogP contribution in [0.3, 0.4) is 0 Å². The van der Waals surface area contributed by atoms with Gasteiger partial charge < -0.3 is 15.8 Å². The van der Waals surface area contributed by atoms with Crippen molar-refractivity contribution in [1.82, 2.24) is 0 Å². The van der Waals surface area contributed by atoms with Gasteiger partial charge in [0.1, 0.15) is 6.10 Å². The van der Waals surface area contributed by atoms with Crippen LogP contribution in [0, 0.1) is 6.92 Å². The lowest BCUT2D eigenvalue weighted by Gasteiger charge is -2.14. The summed E-state index contributed by atoms with van der Waals surface area (Å²) < 4.78 is 6.51. The molecule has 2 atom stereocenters. The average molecular weight is 350 g/mol. The van der Waals surface area contributed by atoms with Gasteiger partial charge in [0, 0.05) is 16.7 Å². The van der Waals surface area contributed by atoms with Gasteiger partial charge in [-0.05, 0) is 37.5 Å². The van der Waals surface area contributed by atoms with E-state index in [2.05, 4.69) is 21.2 Å². The van der Waals surface area contributed by atoms with E-state index in [9.17, 15) is 4.79 Å². The Balaban J connectivity index is 0.00000180. The first-order valence-electron chi connectivity index (χ1n) is 6.02. The molecule has 2 rings (SSSR count). The molecule has 0 radical (unpaired) electrons. The molecule has 0 aromatic heterocycles. The zero-order valence-corrected chi connectivity index (χ0v) is 13.1. The van der Waals surface area contributed by atoms with Gasteiger partial charge in [0.05, 0.1) is 6.10 Å². The fraction of sp³-hybridized carbons (Fsp3) is 0.462. The van der Waals surface area contributed by atoms with Crippen molar-refractivity contribution in [2.45, 2.75) is 32.0 Å². The quantitative estimate of drug-likeness (QED) is 0.881. The van der Waals surface area contributed by atoms with Crippen LogP contribution < -0.4 is 11.1 Å². The smallest absolute Gasteiger partial charge is 0.253 e. The van der Waals surface area contributed by atoms with Crippen LogP contribution in [0.15, 0.2) is 22.7 Å². The SMILES string of the molecule is Cc1ccc(Br)cc1NC(=O)[C@@H]1CC[C@H](CN)O1.Cl. The third-order valence-electron chi connectivity index (χ3n) is 3.12. The first-order chi connectivity index (χ1) is 8.60. The number of carbonyl (C=O) groups excluding carboxylic acids is 1. The summed E-state index contributed by atoms with van der Waals surface area (Å²) in [7, 11) is 0. The minimum atomic E-state index is -0.378. The van der Waals surface area contributed by atoms with Gasteiger partial charge in [-0.3, -0.25) is 4.79 Å². The summed E-state index contributed by atoms with van der Waals surface area (Å²) in [4.78, 5) is 12.0. The fourth-order valence-electron chi connectivity index (χ4n) is 2.01. The summed E-state index contributed by atoms with van der Waals surface area (Å²) in [5, 5.41) is 2.90. The van der Waals surface area contributed by atoms with Crippen molar-refractivity contribution in [1.29, 1.82) is 0 Å². The zero-order chi connectivity index (χ0) is 13.1. The van der Waals surface area contributed by atoms with E-state index in [1.165, 1.54) is 0 Å². The van der Waals surface area contributed by atoms with Crippen LogP contribution in [0.25, 0.3) is 0 Å². The largest absolute Gasteiger partial charge is 0.364 e. The number of benzene rings is 1. The molecule has 0 unspecified atom stereocenters. The molecule has 4 nitrogen and oxygen atoms in total. The molecule has 19 heavy (non-hydrogen) atoms. The molecule has 106 valence electrons. The summed E-state index contributed by atoms with van der Waals surface area (Å²) in [5.74, 6) is -0.0906. The van der Waals surface area contributed by atoms with Crippen molar-refractivity contribution in [3.63, 3.8) is 0 Å². The van der Waals surface area contributed by atoms with Crippen LogP contribution in [0.2, 0.25) is 0 Å². The molecule has 6 heteroatoms. The van der Waals surface area contributed by atoms with E-state index in [4.69, 9.17) is 10.5 Å². The van der Waals surface area contributed by atoms with Gasteiger partial charge in [-0.1, -0.05) is 22.0 Å². The van der Waals surface area contributed by atoms with Gasteiger partial charge in [0.25, 0.3) is 5.91 Å². The number of hydrogen-bond acceptors (Lipinski definition) is 3. The molecule has 0 saturated carbocycles. The predicted octanol–water partition coefficient (Wildman–Crippen LogP) is 2.62. The summed E-state index contributed by atoms with van der Waals surface area (Å²) >= 11 is 3.39. The van der Waals surface area contributed by atoms with E-state index in [0.29, 0.717) is 6.54 Å². The molecule has 1 heterocycles. The fourth-order valence-corrected chi connectivity index (χ4v) is 2.38. The van der Waals surface area contributed by atoms with Crippen molar-refractivity contribution in [2.75, 3.05) is 11.9 Å². The Hall–Kier alpha value is -0.620. The number of nitrogens with two attached hydrogens (primary N) is 1. The maximum absolute atomic E-state index is 12.0. The Morgan fingerprint density at radius 3 is 2.89 bits per heavy atom. The molecule has 1 amide bonds. The second-order valence-corrected chi connectivity index (χ2v) is 5.42. The first kappa shape index (κ1) is 16.4. The average Bonchev–Trinajstić information content (AvgIpc) is 2.82. The summed E-state index contributed by atoms with van der Waals surface area (Å²) in [5.41, 5.74) is 7.37. The number of hydrogen-bond donors (Lipinski definition) is 2. The van der Waals surface area contributed by atoms with Crippen LogP contribution in [0.4, 0.5) is 5.69 Å². The highest BCUT2D eigenvalue weighted by Gasteiger charge is 2.29. The number of rotatable bonds is 3. The van der Waals surface area contributed by atoms with Crippen LogP contribution in [-0.4, -0.2) is 24.7 Å². The van der Waals surface area contributed by atoms with Crippen molar-refractivity contribution in [3.05, 3.63) is 28.2 Å². The number of carbonyl (C=O) groups is 1. The lowest BCUT2D eigenvalue weighted by atomic mass is 10.1. The second-order valence-electron chi connectivity index (χ2n) is 4.51. The van der Waals surface area contributed by atoms with Gasteiger partial charge in [-0.15, -0.1) is 12.4 Å². The van der Waals surface area contributed by atoms with E-state index >= 15 is 0 Å².